The highest BCUT2D eigenvalue weighted by Gasteiger charge is 2.24. The summed E-state index contributed by atoms with van der Waals surface area (Å²) in [5.74, 6) is 1.31. The van der Waals surface area contributed by atoms with Crippen LogP contribution < -0.4 is 21.1 Å². The Kier molecular flexibility index (Phi) is 6.59. The average Bonchev–Trinajstić information content (AvgIpc) is 2.70. The zero-order valence-corrected chi connectivity index (χ0v) is 17.9. The van der Waals surface area contributed by atoms with Crippen LogP contribution in [0, 0.1) is 0 Å². The first-order chi connectivity index (χ1) is 13.8. The largest absolute Gasteiger partial charge is 0.491 e. The number of anilines is 3. The fourth-order valence-corrected chi connectivity index (χ4v) is 4.53. The van der Waals surface area contributed by atoms with E-state index in [2.05, 4.69) is 20.6 Å². The number of nitrogens with two attached hydrogens (primary N) is 1. The first-order valence-electron chi connectivity index (χ1n) is 9.84. The lowest BCUT2D eigenvalue weighted by atomic mass is 9.92. The molecule has 1 aromatic heterocycles. The first-order valence-corrected chi connectivity index (χ1v) is 11.4. The summed E-state index contributed by atoms with van der Waals surface area (Å²) in [6.45, 7) is 3.32. The highest BCUT2D eigenvalue weighted by Crippen LogP contribution is 2.31. The molecule has 9 heteroatoms. The van der Waals surface area contributed by atoms with Crippen LogP contribution in [0.2, 0.25) is 0 Å². The Hall–Kier alpha value is -2.39. The number of aromatic nitrogens is 2. The molecule has 3 rings (SSSR count). The zero-order valence-electron chi connectivity index (χ0n) is 17.1. The number of nitrogens with one attached hydrogen (secondary N) is 2. The molecule has 2 aromatic rings. The maximum absolute atomic E-state index is 12.7. The first kappa shape index (κ1) is 21.3. The van der Waals surface area contributed by atoms with Crippen LogP contribution in [0.3, 0.4) is 0 Å². The summed E-state index contributed by atoms with van der Waals surface area (Å²) in [6.07, 6.45) is 5.45. The van der Waals surface area contributed by atoms with E-state index in [0.717, 1.165) is 25.7 Å². The lowest BCUT2D eigenvalue weighted by Gasteiger charge is -2.27. The molecule has 1 aliphatic carbocycles. The number of ether oxygens (including phenoxy) is 1. The molecule has 0 unspecified atom stereocenters. The highest BCUT2D eigenvalue weighted by molar-refractivity contribution is 7.92. The SMILES string of the molecule is COc1cnc(NC2CCC(N)CC2)nc1Nc1ccccc1S(=O)(=O)C(C)C. The smallest absolute Gasteiger partial charge is 0.225 e. The van der Waals surface area contributed by atoms with Crippen LogP contribution in [-0.4, -0.2) is 42.8 Å². The predicted molar refractivity (Wildman–Crippen MR) is 114 cm³/mol. The van der Waals surface area contributed by atoms with Crippen LogP contribution in [0.1, 0.15) is 39.5 Å². The standard InChI is InChI=1S/C20H29N5O3S/c1-13(2)29(26,27)18-7-5-4-6-16(18)24-19-17(28-3)12-22-20(25-19)23-15-10-8-14(21)9-11-15/h4-7,12-15H,8-11,21H2,1-3H3,(H2,22,23,24,25). The van der Waals surface area contributed by atoms with Gasteiger partial charge in [0.1, 0.15) is 0 Å². The molecule has 0 amide bonds. The Balaban J connectivity index is 1.87. The van der Waals surface area contributed by atoms with Gasteiger partial charge in [0.2, 0.25) is 5.95 Å². The van der Waals surface area contributed by atoms with Crippen LogP contribution >= 0.6 is 0 Å². The second-order valence-electron chi connectivity index (χ2n) is 7.58. The van der Waals surface area contributed by atoms with Gasteiger partial charge in [-0.15, -0.1) is 0 Å². The molecule has 0 bridgehead atoms. The molecule has 0 saturated heterocycles. The Labute approximate surface area is 172 Å². The van der Waals surface area contributed by atoms with Crippen molar-refractivity contribution in [2.45, 2.75) is 61.8 Å². The van der Waals surface area contributed by atoms with E-state index in [0.29, 0.717) is 23.2 Å². The van der Waals surface area contributed by atoms with Crippen molar-refractivity contribution in [1.82, 2.24) is 9.97 Å². The highest BCUT2D eigenvalue weighted by atomic mass is 32.2. The number of benzene rings is 1. The van der Waals surface area contributed by atoms with Gasteiger partial charge in [0, 0.05) is 12.1 Å². The third-order valence-electron chi connectivity index (χ3n) is 5.15. The van der Waals surface area contributed by atoms with Gasteiger partial charge in [0.25, 0.3) is 0 Å². The molecule has 158 valence electrons. The molecular formula is C20H29N5O3S. The number of hydrogen-bond acceptors (Lipinski definition) is 8. The van der Waals surface area contributed by atoms with Crippen LogP contribution in [0.15, 0.2) is 35.4 Å². The molecule has 1 aromatic carbocycles. The average molecular weight is 420 g/mol. The molecule has 1 saturated carbocycles. The van der Waals surface area contributed by atoms with Crippen LogP contribution in [0.25, 0.3) is 0 Å². The van der Waals surface area contributed by atoms with E-state index in [1.165, 1.54) is 7.11 Å². The third-order valence-corrected chi connectivity index (χ3v) is 7.36. The Bertz CT molecular complexity index is 941. The van der Waals surface area contributed by atoms with Gasteiger partial charge in [-0.1, -0.05) is 12.1 Å². The quantitative estimate of drug-likeness (QED) is 0.626. The molecule has 29 heavy (non-hydrogen) atoms. The molecule has 0 aliphatic heterocycles. The summed E-state index contributed by atoms with van der Waals surface area (Å²) >= 11 is 0. The van der Waals surface area contributed by atoms with Gasteiger partial charge in [-0.2, -0.15) is 4.98 Å². The molecular weight excluding hydrogens is 390 g/mol. The molecule has 0 radical (unpaired) electrons. The van der Waals surface area contributed by atoms with E-state index >= 15 is 0 Å². The summed E-state index contributed by atoms with van der Waals surface area (Å²) in [5, 5.41) is 5.94. The fraction of sp³-hybridized carbons (Fsp3) is 0.500. The third kappa shape index (κ3) is 4.97. The summed E-state index contributed by atoms with van der Waals surface area (Å²) < 4.78 is 30.8. The number of rotatable bonds is 7. The Morgan fingerprint density at radius 1 is 1.17 bits per heavy atom. The van der Waals surface area contributed by atoms with Crippen molar-refractivity contribution in [1.29, 1.82) is 0 Å². The number of hydrogen-bond donors (Lipinski definition) is 3. The van der Waals surface area contributed by atoms with Gasteiger partial charge in [0.15, 0.2) is 21.4 Å². The molecule has 4 N–H and O–H groups in total. The number of nitrogens with zero attached hydrogens (tertiary/aromatic N) is 2. The van der Waals surface area contributed by atoms with Crippen LogP contribution in [-0.2, 0) is 9.84 Å². The molecule has 0 atom stereocenters. The van der Waals surface area contributed by atoms with E-state index < -0.39 is 15.1 Å². The zero-order chi connectivity index (χ0) is 21.0. The van der Waals surface area contributed by atoms with Gasteiger partial charge in [0.05, 0.1) is 29.1 Å². The summed E-state index contributed by atoms with van der Waals surface area (Å²) in [7, 11) is -1.94. The van der Waals surface area contributed by atoms with Crippen molar-refractivity contribution < 1.29 is 13.2 Å². The van der Waals surface area contributed by atoms with Gasteiger partial charge in [-0.05, 0) is 51.7 Å². The fourth-order valence-electron chi connectivity index (χ4n) is 3.32. The second-order valence-corrected chi connectivity index (χ2v) is 10.1. The van der Waals surface area contributed by atoms with E-state index in [1.807, 2.05) is 0 Å². The van der Waals surface area contributed by atoms with Crippen molar-refractivity contribution >= 4 is 27.3 Å². The normalized spacial score (nSPS) is 19.8. The van der Waals surface area contributed by atoms with Crippen molar-refractivity contribution in [3.8, 4) is 5.75 Å². The van der Waals surface area contributed by atoms with E-state index in [9.17, 15) is 8.42 Å². The van der Waals surface area contributed by atoms with Gasteiger partial charge in [-0.3, -0.25) is 0 Å². The van der Waals surface area contributed by atoms with Gasteiger partial charge in [-0.25, -0.2) is 13.4 Å². The lowest BCUT2D eigenvalue weighted by molar-refractivity contribution is 0.407. The molecule has 1 fully saturated rings. The molecule has 1 heterocycles. The summed E-state index contributed by atoms with van der Waals surface area (Å²) in [4.78, 5) is 9.09. The number of sulfone groups is 1. The monoisotopic (exact) mass is 419 g/mol. The van der Waals surface area contributed by atoms with Crippen molar-refractivity contribution in [2.24, 2.45) is 5.73 Å². The Morgan fingerprint density at radius 3 is 2.52 bits per heavy atom. The molecule has 8 nitrogen and oxygen atoms in total. The van der Waals surface area contributed by atoms with Crippen LogP contribution in [0.5, 0.6) is 5.75 Å². The summed E-state index contributed by atoms with van der Waals surface area (Å²) in [5.41, 5.74) is 6.43. The molecule has 1 aliphatic rings. The van der Waals surface area contributed by atoms with E-state index in [1.54, 1.807) is 44.3 Å². The second kappa shape index (κ2) is 8.96. The summed E-state index contributed by atoms with van der Waals surface area (Å²) in [6, 6.07) is 7.33. The topological polar surface area (TPSA) is 119 Å². The van der Waals surface area contributed by atoms with Crippen molar-refractivity contribution in [2.75, 3.05) is 17.7 Å². The lowest BCUT2D eigenvalue weighted by Crippen LogP contribution is -2.33. The maximum atomic E-state index is 12.7. The number of methoxy groups -OCH3 is 1. The van der Waals surface area contributed by atoms with E-state index in [-0.39, 0.29) is 17.0 Å². The van der Waals surface area contributed by atoms with Gasteiger partial charge >= 0.3 is 0 Å². The minimum absolute atomic E-state index is 0.228. The number of para-hydroxylation sites is 1. The minimum atomic E-state index is -3.46. The van der Waals surface area contributed by atoms with Gasteiger partial charge < -0.3 is 21.1 Å². The predicted octanol–water partition coefficient (Wildman–Crippen LogP) is 3.09. The van der Waals surface area contributed by atoms with Crippen molar-refractivity contribution in [3.63, 3.8) is 0 Å². The minimum Gasteiger partial charge on any atom is -0.491 e. The van der Waals surface area contributed by atoms with E-state index in [4.69, 9.17) is 10.5 Å². The van der Waals surface area contributed by atoms with Crippen molar-refractivity contribution in [3.05, 3.63) is 30.5 Å². The van der Waals surface area contributed by atoms with Crippen LogP contribution in [0.4, 0.5) is 17.5 Å². The molecule has 0 spiro atoms. The maximum Gasteiger partial charge on any atom is 0.225 e. The Morgan fingerprint density at radius 2 is 1.86 bits per heavy atom.